The summed E-state index contributed by atoms with van der Waals surface area (Å²) in [5.74, 6) is 0.244. The van der Waals surface area contributed by atoms with E-state index in [1.807, 2.05) is 0 Å². The maximum absolute atomic E-state index is 12.7. The highest BCUT2D eigenvalue weighted by atomic mass is 19.1. The topological polar surface area (TPSA) is 49.8 Å². The predicted octanol–water partition coefficient (Wildman–Crippen LogP) is 2.35. The quantitative estimate of drug-likeness (QED) is 0.880. The summed E-state index contributed by atoms with van der Waals surface area (Å²) in [4.78, 5) is 12.3. The van der Waals surface area contributed by atoms with Crippen molar-refractivity contribution in [3.8, 4) is 5.75 Å². The maximum atomic E-state index is 12.7. The fraction of sp³-hybridized carbons (Fsp3) is 0.417. The van der Waals surface area contributed by atoms with Crippen LogP contribution < -0.4 is 4.74 Å². The Hall–Kier alpha value is -1.78. The van der Waals surface area contributed by atoms with Gasteiger partial charge in [-0.25, -0.2) is 9.18 Å². The van der Waals surface area contributed by atoms with Crippen LogP contribution in [0.15, 0.2) is 24.3 Å². The predicted molar refractivity (Wildman–Crippen MR) is 59.6 cm³/mol. The molecule has 1 amide bonds. The number of benzene rings is 1. The first kappa shape index (κ1) is 11.7. The summed E-state index contributed by atoms with van der Waals surface area (Å²) in [5.41, 5.74) is 0. The minimum Gasteiger partial charge on any atom is -0.491 e. The summed E-state index contributed by atoms with van der Waals surface area (Å²) in [7, 11) is 0. The number of likely N-dealkylation sites (tertiary alicyclic amines) is 1. The van der Waals surface area contributed by atoms with Crippen molar-refractivity contribution in [3.05, 3.63) is 30.1 Å². The minimum atomic E-state index is -0.907. The van der Waals surface area contributed by atoms with Crippen LogP contribution in [-0.4, -0.2) is 35.3 Å². The number of amides is 1. The molecule has 1 heterocycles. The van der Waals surface area contributed by atoms with Gasteiger partial charge in [0.25, 0.3) is 0 Å². The largest absolute Gasteiger partial charge is 0.491 e. The van der Waals surface area contributed by atoms with Gasteiger partial charge >= 0.3 is 6.09 Å². The lowest BCUT2D eigenvalue weighted by Crippen LogP contribution is -2.37. The van der Waals surface area contributed by atoms with Gasteiger partial charge in [0.2, 0.25) is 0 Å². The molecule has 1 fully saturated rings. The van der Waals surface area contributed by atoms with Gasteiger partial charge in [0.05, 0.1) is 6.04 Å². The second kappa shape index (κ2) is 5.03. The summed E-state index contributed by atoms with van der Waals surface area (Å²) >= 11 is 0. The molecule has 0 bridgehead atoms. The summed E-state index contributed by atoms with van der Waals surface area (Å²) in [5, 5.41) is 8.94. The fourth-order valence-corrected chi connectivity index (χ4v) is 1.98. The van der Waals surface area contributed by atoms with E-state index in [-0.39, 0.29) is 11.9 Å². The molecular weight excluding hydrogens is 225 g/mol. The summed E-state index contributed by atoms with van der Waals surface area (Å²) in [6.45, 7) is 0.880. The second-order valence-electron chi connectivity index (χ2n) is 4.04. The zero-order chi connectivity index (χ0) is 12.3. The number of rotatable bonds is 3. The Morgan fingerprint density at radius 1 is 1.47 bits per heavy atom. The number of hydrogen-bond acceptors (Lipinski definition) is 2. The van der Waals surface area contributed by atoms with E-state index in [1.54, 1.807) is 0 Å². The first-order valence-electron chi connectivity index (χ1n) is 5.55. The van der Waals surface area contributed by atoms with Crippen LogP contribution in [0.2, 0.25) is 0 Å². The van der Waals surface area contributed by atoms with E-state index in [0.29, 0.717) is 18.9 Å². The average Bonchev–Trinajstić information content (AvgIpc) is 2.76. The monoisotopic (exact) mass is 239 g/mol. The van der Waals surface area contributed by atoms with Gasteiger partial charge in [0.1, 0.15) is 18.2 Å². The number of carboxylic acid groups (broad SMARTS) is 1. The van der Waals surface area contributed by atoms with Gasteiger partial charge in [-0.3, -0.25) is 0 Å². The SMILES string of the molecule is O=C(O)N1CCCC1COc1ccc(F)cc1. The Morgan fingerprint density at radius 3 is 2.82 bits per heavy atom. The lowest BCUT2D eigenvalue weighted by molar-refractivity contribution is 0.123. The molecule has 5 heteroatoms. The van der Waals surface area contributed by atoms with Crippen molar-refractivity contribution >= 4 is 6.09 Å². The molecule has 1 unspecified atom stereocenters. The number of hydrogen-bond donors (Lipinski definition) is 1. The van der Waals surface area contributed by atoms with Gasteiger partial charge in [-0.05, 0) is 37.1 Å². The third kappa shape index (κ3) is 2.87. The van der Waals surface area contributed by atoms with Crippen molar-refractivity contribution in [1.29, 1.82) is 0 Å². The van der Waals surface area contributed by atoms with E-state index in [4.69, 9.17) is 9.84 Å². The molecule has 17 heavy (non-hydrogen) atoms. The molecule has 2 rings (SSSR count). The van der Waals surface area contributed by atoms with Gasteiger partial charge in [0, 0.05) is 6.54 Å². The number of ether oxygens (including phenoxy) is 1. The number of carbonyl (C=O) groups is 1. The normalized spacial score (nSPS) is 19.4. The molecule has 4 nitrogen and oxygen atoms in total. The smallest absolute Gasteiger partial charge is 0.407 e. The van der Waals surface area contributed by atoms with Gasteiger partial charge in [-0.15, -0.1) is 0 Å². The number of nitrogens with zero attached hydrogens (tertiary/aromatic N) is 1. The third-order valence-corrected chi connectivity index (χ3v) is 2.88. The van der Waals surface area contributed by atoms with E-state index in [0.717, 1.165) is 12.8 Å². The highest BCUT2D eigenvalue weighted by molar-refractivity contribution is 5.65. The summed E-state index contributed by atoms with van der Waals surface area (Å²) in [6, 6.07) is 5.61. The van der Waals surface area contributed by atoms with Crippen LogP contribution in [0.25, 0.3) is 0 Å². The molecular formula is C12H14FNO3. The zero-order valence-electron chi connectivity index (χ0n) is 9.30. The van der Waals surface area contributed by atoms with E-state index in [9.17, 15) is 9.18 Å². The molecule has 0 aliphatic carbocycles. The maximum Gasteiger partial charge on any atom is 0.407 e. The van der Waals surface area contributed by atoms with Crippen LogP contribution in [0, 0.1) is 5.82 Å². The van der Waals surface area contributed by atoms with Crippen LogP contribution in [0.4, 0.5) is 9.18 Å². The third-order valence-electron chi connectivity index (χ3n) is 2.88. The van der Waals surface area contributed by atoms with Gasteiger partial charge in [0.15, 0.2) is 0 Å². The molecule has 1 atom stereocenters. The van der Waals surface area contributed by atoms with Gasteiger partial charge < -0.3 is 14.7 Å². The van der Waals surface area contributed by atoms with E-state index < -0.39 is 6.09 Å². The van der Waals surface area contributed by atoms with E-state index in [2.05, 4.69) is 0 Å². The minimum absolute atomic E-state index is 0.0995. The van der Waals surface area contributed by atoms with E-state index >= 15 is 0 Å². The molecule has 0 radical (unpaired) electrons. The first-order chi connectivity index (χ1) is 8.16. The van der Waals surface area contributed by atoms with Crippen molar-refractivity contribution in [3.63, 3.8) is 0 Å². The van der Waals surface area contributed by atoms with Crippen LogP contribution in [0.5, 0.6) is 5.75 Å². The van der Waals surface area contributed by atoms with Crippen molar-refractivity contribution < 1.29 is 19.0 Å². The Kier molecular flexibility index (Phi) is 3.46. The lowest BCUT2D eigenvalue weighted by Gasteiger charge is -2.21. The molecule has 1 aromatic rings. The van der Waals surface area contributed by atoms with E-state index in [1.165, 1.54) is 29.2 Å². The van der Waals surface area contributed by atoms with Gasteiger partial charge in [-0.1, -0.05) is 0 Å². The highest BCUT2D eigenvalue weighted by Gasteiger charge is 2.28. The molecule has 1 aromatic carbocycles. The van der Waals surface area contributed by atoms with Crippen molar-refractivity contribution in [2.24, 2.45) is 0 Å². The number of halogens is 1. The Balaban J connectivity index is 1.89. The average molecular weight is 239 g/mol. The van der Waals surface area contributed by atoms with Crippen LogP contribution in [-0.2, 0) is 0 Å². The molecule has 1 N–H and O–H groups in total. The van der Waals surface area contributed by atoms with Crippen LogP contribution in [0.3, 0.4) is 0 Å². The van der Waals surface area contributed by atoms with Crippen molar-refractivity contribution in [2.45, 2.75) is 18.9 Å². The van der Waals surface area contributed by atoms with Crippen LogP contribution >= 0.6 is 0 Å². The molecule has 1 aliphatic rings. The molecule has 1 aliphatic heterocycles. The zero-order valence-corrected chi connectivity index (χ0v) is 9.30. The lowest BCUT2D eigenvalue weighted by atomic mass is 10.2. The molecule has 0 saturated carbocycles. The van der Waals surface area contributed by atoms with Crippen molar-refractivity contribution in [2.75, 3.05) is 13.2 Å². The molecule has 92 valence electrons. The Bertz CT molecular complexity index is 393. The summed E-state index contributed by atoms with van der Waals surface area (Å²) < 4.78 is 18.1. The van der Waals surface area contributed by atoms with Crippen molar-refractivity contribution in [1.82, 2.24) is 4.90 Å². The second-order valence-corrected chi connectivity index (χ2v) is 4.04. The van der Waals surface area contributed by atoms with Gasteiger partial charge in [-0.2, -0.15) is 0 Å². The summed E-state index contributed by atoms with van der Waals surface area (Å²) in [6.07, 6.45) is 0.771. The Morgan fingerprint density at radius 2 is 2.18 bits per heavy atom. The van der Waals surface area contributed by atoms with Crippen LogP contribution in [0.1, 0.15) is 12.8 Å². The molecule has 1 saturated heterocycles. The fourth-order valence-electron chi connectivity index (χ4n) is 1.98. The highest BCUT2D eigenvalue weighted by Crippen LogP contribution is 2.19. The standard InChI is InChI=1S/C12H14FNO3/c13-9-3-5-11(6-4-9)17-8-10-2-1-7-14(10)12(15)16/h3-6,10H,1-2,7-8H2,(H,15,16). The molecule has 0 aromatic heterocycles. The first-order valence-corrected chi connectivity index (χ1v) is 5.55. The Labute approximate surface area is 98.6 Å². The molecule has 0 spiro atoms.